The second-order valence-electron chi connectivity index (χ2n) is 8.13. The third kappa shape index (κ3) is 4.64. The van der Waals surface area contributed by atoms with Gasteiger partial charge in [0.05, 0.1) is 36.5 Å². The Kier molecular flexibility index (Phi) is 6.49. The van der Waals surface area contributed by atoms with Crippen LogP contribution < -0.4 is 10.5 Å². The number of nitrogens with one attached hydrogen (secondary N) is 2. The van der Waals surface area contributed by atoms with Crippen molar-refractivity contribution in [1.29, 1.82) is 0 Å². The van der Waals surface area contributed by atoms with Crippen LogP contribution in [-0.4, -0.2) is 48.9 Å². The van der Waals surface area contributed by atoms with E-state index in [2.05, 4.69) is 9.97 Å². The zero-order valence-corrected chi connectivity index (χ0v) is 21.1. The van der Waals surface area contributed by atoms with Gasteiger partial charge in [-0.05, 0) is 42.0 Å². The standard InChI is InChI=1S/C23H20Cl2N4O3S2/c24-16-3-1-15(2-4-16)19-14-33-23-21(19)22(30)26-20(27-23)13-28-9-11-29(12-10-28)34(31,32)18-7-5-17(25)6-8-18/h1-8,14H,9-13H2,(H,26,27,30)/p+1. The maximum absolute atomic E-state index is 12.9. The number of benzene rings is 2. The zero-order chi connectivity index (χ0) is 23.9. The van der Waals surface area contributed by atoms with Gasteiger partial charge in [0.15, 0.2) is 5.82 Å². The molecule has 1 fully saturated rings. The van der Waals surface area contributed by atoms with Crippen molar-refractivity contribution in [2.45, 2.75) is 11.4 Å². The predicted molar refractivity (Wildman–Crippen MR) is 135 cm³/mol. The molecule has 2 aromatic heterocycles. The van der Waals surface area contributed by atoms with Crippen molar-refractivity contribution in [1.82, 2.24) is 14.3 Å². The largest absolute Gasteiger partial charge is 0.326 e. The minimum atomic E-state index is -3.56. The first kappa shape index (κ1) is 23.5. The second kappa shape index (κ2) is 9.41. The average molecular weight is 536 g/mol. The summed E-state index contributed by atoms with van der Waals surface area (Å²) in [4.78, 5) is 22.6. The van der Waals surface area contributed by atoms with Crippen LogP contribution in [-0.2, 0) is 16.6 Å². The Bertz CT molecular complexity index is 1490. The van der Waals surface area contributed by atoms with E-state index in [1.54, 1.807) is 24.3 Å². The van der Waals surface area contributed by atoms with Crippen molar-refractivity contribution < 1.29 is 13.3 Å². The molecule has 2 aromatic carbocycles. The summed E-state index contributed by atoms with van der Waals surface area (Å²) < 4.78 is 27.3. The Morgan fingerprint density at radius 2 is 1.62 bits per heavy atom. The number of aromatic nitrogens is 2. The zero-order valence-electron chi connectivity index (χ0n) is 17.9. The van der Waals surface area contributed by atoms with Crippen molar-refractivity contribution in [2.24, 2.45) is 0 Å². The molecule has 3 heterocycles. The fourth-order valence-electron chi connectivity index (χ4n) is 4.13. The Labute approximate surface area is 210 Å². The highest BCUT2D eigenvalue weighted by molar-refractivity contribution is 7.89. The Balaban J connectivity index is 1.30. The number of rotatable bonds is 5. The van der Waals surface area contributed by atoms with E-state index >= 15 is 0 Å². The van der Waals surface area contributed by atoms with Crippen LogP contribution in [0.3, 0.4) is 0 Å². The molecule has 1 aliphatic rings. The molecule has 5 rings (SSSR count). The van der Waals surface area contributed by atoms with Gasteiger partial charge in [-0.25, -0.2) is 13.4 Å². The summed E-state index contributed by atoms with van der Waals surface area (Å²) in [6, 6.07) is 13.6. The Hall–Kier alpha value is -2.27. The Morgan fingerprint density at radius 3 is 2.26 bits per heavy atom. The minimum Gasteiger partial charge on any atom is -0.326 e. The van der Waals surface area contributed by atoms with Gasteiger partial charge in [-0.15, -0.1) is 11.3 Å². The molecule has 0 spiro atoms. The topological polar surface area (TPSA) is 87.6 Å². The summed E-state index contributed by atoms with van der Waals surface area (Å²) in [7, 11) is -3.56. The van der Waals surface area contributed by atoms with Crippen LogP contribution in [0.1, 0.15) is 5.82 Å². The van der Waals surface area contributed by atoms with Gasteiger partial charge in [-0.3, -0.25) is 4.79 Å². The van der Waals surface area contributed by atoms with Crippen LogP contribution >= 0.6 is 34.5 Å². The van der Waals surface area contributed by atoms with E-state index < -0.39 is 10.0 Å². The molecule has 0 atom stereocenters. The molecule has 0 radical (unpaired) electrons. The van der Waals surface area contributed by atoms with Crippen LogP contribution in [0.4, 0.5) is 0 Å². The average Bonchev–Trinajstić information content (AvgIpc) is 3.25. The van der Waals surface area contributed by atoms with E-state index in [0.717, 1.165) is 11.1 Å². The molecular weight excluding hydrogens is 515 g/mol. The SMILES string of the molecule is O=c1[nH]c(C[NH+]2CCN(S(=O)(=O)c3ccc(Cl)cc3)CC2)nc2scc(-c3ccc(Cl)cc3)c12. The first-order valence-electron chi connectivity index (χ1n) is 10.7. The minimum absolute atomic E-state index is 0.172. The van der Waals surface area contributed by atoms with Gasteiger partial charge in [-0.2, -0.15) is 4.31 Å². The molecule has 0 bridgehead atoms. The molecule has 176 valence electrons. The van der Waals surface area contributed by atoms with Gasteiger partial charge in [0.2, 0.25) is 10.0 Å². The summed E-state index contributed by atoms with van der Waals surface area (Å²) in [6.45, 7) is 2.55. The normalized spacial score (nSPS) is 15.7. The number of H-pyrrole nitrogens is 1. The summed E-state index contributed by atoms with van der Waals surface area (Å²) in [5, 5.41) is 3.65. The second-order valence-corrected chi connectivity index (χ2v) is 11.8. The number of aromatic amines is 1. The van der Waals surface area contributed by atoms with Crippen LogP contribution in [0.5, 0.6) is 0 Å². The molecule has 1 aliphatic heterocycles. The number of thiophene rings is 1. The van der Waals surface area contributed by atoms with Crippen molar-refractivity contribution in [2.75, 3.05) is 26.2 Å². The third-order valence-corrected chi connectivity index (χ3v) is 9.24. The highest BCUT2D eigenvalue weighted by Crippen LogP contribution is 2.31. The molecule has 0 amide bonds. The molecule has 2 N–H and O–H groups in total. The van der Waals surface area contributed by atoms with Crippen LogP contribution in [0.2, 0.25) is 10.0 Å². The van der Waals surface area contributed by atoms with E-state index in [9.17, 15) is 13.2 Å². The fourth-order valence-corrected chi connectivity index (χ4v) is 6.79. The number of nitrogens with zero attached hydrogens (tertiary/aromatic N) is 2. The maximum atomic E-state index is 12.9. The van der Waals surface area contributed by atoms with Crippen LogP contribution in [0, 0.1) is 0 Å². The molecule has 7 nitrogen and oxygen atoms in total. The number of hydrogen-bond donors (Lipinski definition) is 2. The number of halogens is 2. The van der Waals surface area contributed by atoms with Crippen molar-refractivity contribution >= 4 is 54.8 Å². The quantitative estimate of drug-likeness (QED) is 0.411. The molecule has 0 aliphatic carbocycles. The lowest BCUT2D eigenvalue weighted by atomic mass is 10.1. The van der Waals surface area contributed by atoms with E-state index in [0.29, 0.717) is 58.8 Å². The number of piperazine rings is 1. The number of fused-ring (bicyclic) bond motifs is 1. The van der Waals surface area contributed by atoms with E-state index in [4.69, 9.17) is 23.2 Å². The van der Waals surface area contributed by atoms with Gasteiger partial charge < -0.3 is 9.88 Å². The summed E-state index contributed by atoms with van der Waals surface area (Å²) in [6.07, 6.45) is 0. The molecule has 4 aromatic rings. The highest BCUT2D eigenvalue weighted by atomic mass is 35.5. The van der Waals surface area contributed by atoms with E-state index in [1.807, 2.05) is 17.5 Å². The van der Waals surface area contributed by atoms with Gasteiger partial charge >= 0.3 is 0 Å². The lowest BCUT2D eigenvalue weighted by molar-refractivity contribution is -0.917. The predicted octanol–water partition coefficient (Wildman–Crippen LogP) is 3.05. The van der Waals surface area contributed by atoms with Crippen molar-refractivity contribution in [3.63, 3.8) is 0 Å². The van der Waals surface area contributed by atoms with Crippen LogP contribution in [0.25, 0.3) is 21.3 Å². The molecule has 11 heteroatoms. The summed E-state index contributed by atoms with van der Waals surface area (Å²) in [5.74, 6) is 0.603. The Morgan fingerprint density at radius 1 is 1.00 bits per heavy atom. The summed E-state index contributed by atoms with van der Waals surface area (Å²) >= 11 is 13.3. The molecule has 34 heavy (non-hydrogen) atoms. The van der Waals surface area contributed by atoms with Gasteiger partial charge in [0.1, 0.15) is 11.4 Å². The number of sulfonamides is 1. The van der Waals surface area contributed by atoms with Gasteiger partial charge in [0.25, 0.3) is 5.56 Å². The molecule has 0 unspecified atom stereocenters. The van der Waals surface area contributed by atoms with Gasteiger partial charge in [0, 0.05) is 21.0 Å². The van der Waals surface area contributed by atoms with Crippen molar-refractivity contribution in [3.8, 4) is 11.1 Å². The highest BCUT2D eigenvalue weighted by Gasteiger charge is 2.30. The first-order valence-corrected chi connectivity index (χ1v) is 13.7. The number of hydrogen-bond acceptors (Lipinski definition) is 5. The monoisotopic (exact) mass is 535 g/mol. The first-order chi connectivity index (χ1) is 16.3. The lowest BCUT2D eigenvalue weighted by Gasteiger charge is -2.31. The number of quaternary nitrogens is 1. The molecule has 0 saturated carbocycles. The molecular formula is C23H21Cl2N4O3S2+. The third-order valence-electron chi connectivity index (χ3n) is 5.95. The summed E-state index contributed by atoms with van der Waals surface area (Å²) in [5.41, 5.74) is 1.58. The fraction of sp³-hybridized carbons (Fsp3) is 0.217. The van der Waals surface area contributed by atoms with Gasteiger partial charge in [-0.1, -0.05) is 35.3 Å². The maximum Gasteiger partial charge on any atom is 0.260 e. The van der Waals surface area contributed by atoms with Crippen molar-refractivity contribution in [3.05, 3.63) is 80.1 Å². The van der Waals surface area contributed by atoms with Crippen LogP contribution in [0.15, 0.2) is 63.6 Å². The smallest absolute Gasteiger partial charge is 0.260 e. The van der Waals surface area contributed by atoms with E-state index in [1.165, 1.54) is 32.7 Å². The lowest BCUT2D eigenvalue weighted by Crippen LogP contribution is -3.13. The van der Waals surface area contributed by atoms with E-state index in [-0.39, 0.29) is 10.5 Å². The molecule has 1 saturated heterocycles.